The van der Waals surface area contributed by atoms with Gasteiger partial charge in [-0.2, -0.15) is 0 Å². The zero-order chi connectivity index (χ0) is 14.7. The molecule has 0 aliphatic heterocycles. The average molecular weight is 273 g/mol. The maximum atomic E-state index is 11.8. The van der Waals surface area contributed by atoms with Gasteiger partial charge in [-0.15, -0.1) is 0 Å². The van der Waals surface area contributed by atoms with Crippen molar-refractivity contribution in [3.8, 4) is 0 Å². The van der Waals surface area contributed by atoms with Crippen molar-refractivity contribution in [1.82, 2.24) is 4.98 Å². The predicted octanol–water partition coefficient (Wildman–Crippen LogP) is 2.43. The number of carbonyl (C=O) groups excluding carboxylic acids is 1. The molecule has 0 radical (unpaired) electrons. The van der Waals surface area contributed by atoms with E-state index in [1.807, 2.05) is 38.1 Å². The Bertz CT molecular complexity index is 626. The van der Waals surface area contributed by atoms with Crippen LogP contribution in [-0.4, -0.2) is 24.1 Å². The van der Waals surface area contributed by atoms with Gasteiger partial charge in [-0.05, 0) is 30.2 Å². The fraction of sp³-hybridized carbons (Fsp3) is 0.333. The van der Waals surface area contributed by atoms with Gasteiger partial charge in [-0.25, -0.2) is 4.79 Å². The smallest absolute Gasteiger partial charge is 0.328 e. The Morgan fingerprint density at radius 2 is 2.10 bits per heavy atom. The quantitative estimate of drug-likeness (QED) is 0.661. The lowest BCUT2D eigenvalue weighted by molar-refractivity contribution is -0.142. The predicted molar refractivity (Wildman–Crippen MR) is 80.4 cm³/mol. The second-order valence-corrected chi connectivity index (χ2v) is 5.02. The van der Waals surface area contributed by atoms with Crippen molar-refractivity contribution in [3.63, 3.8) is 0 Å². The monoisotopic (exact) mass is 273 g/mol. The van der Waals surface area contributed by atoms with Gasteiger partial charge in [0.1, 0.15) is 6.04 Å². The molecule has 0 aliphatic carbocycles. The lowest BCUT2D eigenvalue weighted by Gasteiger charge is -2.21. The molecular formula is C15H19N3O2. The highest BCUT2D eigenvalue weighted by Gasteiger charge is 2.23. The Labute approximate surface area is 118 Å². The number of nitrogen functional groups attached to an aromatic ring is 1. The van der Waals surface area contributed by atoms with Crippen molar-refractivity contribution >= 4 is 28.2 Å². The number of ether oxygens (including phenoxy) is 1. The summed E-state index contributed by atoms with van der Waals surface area (Å²) < 4.78 is 4.84. The molecule has 0 bridgehead atoms. The number of hydrogen-bond donors (Lipinski definition) is 2. The van der Waals surface area contributed by atoms with Crippen molar-refractivity contribution in [3.05, 3.63) is 30.5 Å². The van der Waals surface area contributed by atoms with Gasteiger partial charge < -0.3 is 15.8 Å². The van der Waals surface area contributed by atoms with Crippen molar-refractivity contribution in [2.75, 3.05) is 18.2 Å². The van der Waals surface area contributed by atoms with Crippen LogP contribution in [0.4, 0.5) is 11.4 Å². The van der Waals surface area contributed by atoms with Gasteiger partial charge in [0, 0.05) is 23.0 Å². The van der Waals surface area contributed by atoms with Crippen LogP contribution < -0.4 is 11.1 Å². The molecule has 1 heterocycles. The standard InChI is InChI=1S/C15H19N3O2/c1-9(2)14(15(19)20-3)18-12-6-7-17-13-8-10(16)4-5-11(12)13/h4-9,14H,16H2,1-3H3,(H,17,18). The Morgan fingerprint density at radius 1 is 1.35 bits per heavy atom. The number of fused-ring (bicyclic) bond motifs is 1. The number of rotatable bonds is 4. The van der Waals surface area contributed by atoms with Gasteiger partial charge in [0.2, 0.25) is 0 Å². The molecule has 0 aliphatic rings. The Hall–Kier alpha value is -2.30. The van der Waals surface area contributed by atoms with Crippen LogP contribution in [0, 0.1) is 5.92 Å². The summed E-state index contributed by atoms with van der Waals surface area (Å²) in [5.41, 5.74) is 8.06. The van der Waals surface area contributed by atoms with E-state index in [1.54, 1.807) is 6.20 Å². The first-order valence-electron chi connectivity index (χ1n) is 6.51. The molecule has 1 atom stereocenters. The van der Waals surface area contributed by atoms with E-state index in [2.05, 4.69) is 10.3 Å². The van der Waals surface area contributed by atoms with Crippen LogP contribution in [0.15, 0.2) is 30.5 Å². The number of anilines is 2. The van der Waals surface area contributed by atoms with Crippen LogP contribution in [-0.2, 0) is 9.53 Å². The summed E-state index contributed by atoms with van der Waals surface area (Å²) in [6, 6.07) is 6.97. The highest BCUT2D eigenvalue weighted by atomic mass is 16.5. The van der Waals surface area contributed by atoms with E-state index in [1.165, 1.54) is 7.11 Å². The highest BCUT2D eigenvalue weighted by Crippen LogP contribution is 2.25. The number of hydrogen-bond acceptors (Lipinski definition) is 5. The maximum Gasteiger partial charge on any atom is 0.328 e. The third kappa shape index (κ3) is 2.82. The zero-order valence-corrected chi connectivity index (χ0v) is 11.9. The van der Waals surface area contributed by atoms with Crippen molar-refractivity contribution in [2.45, 2.75) is 19.9 Å². The minimum absolute atomic E-state index is 0.111. The number of esters is 1. The van der Waals surface area contributed by atoms with E-state index < -0.39 is 6.04 Å². The molecule has 5 heteroatoms. The molecule has 0 amide bonds. The van der Waals surface area contributed by atoms with Crippen LogP contribution >= 0.6 is 0 Å². The zero-order valence-electron chi connectivity index (χ0n) is 11.9. The summed E-state index contributed by atoms with van der Waals surface area (Å²) in [5.74, 6) is -0.167. The SMILES string of the molecule is COC(=O)C(Nc1ccnc2cc(N)ccc12)C(C)C. The topological polar surface area (TPSA) is 77.2 Å². The van der Waals surface area contributed by atoms with E-state index in [9.17, 15) is 4.79 Å². The molecule has 2 aromatic rings. The van der Waals surface area contributed by atoms with E-state index >= 15 is 0 Å². The summed E-state index contributed by atoms with van der Waals surface area (Å²) in [6.07, 6.45) is 1.69. The molecule has 20 heavy (non-hydrogen) atoms. The number of pyridine rings is 1. The minimum Gasteiger partial charge on any atom is -0.467 e. The fourth-order valence-electron chi connectivity index (χ4n) is 2.08. The number of benzene rings is 1. The first-order valence-corrected chi connectivity index (χ1v) is 6.51. The molecular weight excluding hydrogens is 254 g/mol. The van der Waals surface area contributed by atoms with Crippen LogP contribution in [0.1, 0.15) is 13.8 Å². The molecule has 1 aromatic carbocycles. The Morgan fingerprint density at radius 3 is 2.75 bits per heavy atom. The second-order valence-electron chi connectivity index (χ2n) is 5.02. The molecule has 2 rings (SSSR count). The van der Waals surface area contributed by atoms with Gasteiger partial charge in [0.25, 0.3) is 0 Å². The minimum atomic E-state index is -0.400. The fourth-order valence-corrected chi connectivity index (χ4v) is 2.08. The van der Waals surface area contributed by atoms with Gasteiger partial charge in [-0.1, -0.05) is 13.8 Å². The molecule has 0 fully saturated rings. The average Bonchev–Trinajstić information content (AvgIpc) is 2.43. The van der Waals surface area contributed by atoms with Crippen LogP contribution in [0.5, 0.6) is 0 Å². The third-order valence-electron chi connectivity index (χ3n) is 3.20. The third-order valence-corrected chi connectivity index (χ3v) is 3.20. The largest absolute Gasteiger partial charge is 0.467 e. The summed E-state index contributed by atoms with van der Waals surface area (Å²) in [6.45, 7) is 3.94. The normalized spacial score (nSPS) is 12.4. The lowest BCUT2D eigenvalue weighted by Crippen LogP contribution is -2.35. The van der Waals surface area contributed by atoms with Gasteiger partial charge in [0.15, 0.2) is 0 Å². The van der Waals surface area contributed by atoms with Crippen LogP contribution in [0.2, 0.25) is 0 Å². The molecule has 0 saturated heterocycles. The molecule has 1 unspecified atom stereocenters. The van der Waals surface area contributed by atoms with Gasteiger partial charge in [-0.3, -0.25) is 4.98 Å². The van der Waals surface area contributed by atoms with Gasteiger partial charge in [0.05, 0.1) is 12.6 Å². The van der Waals surface area contributed by atoms with Crippen molar-refractivity contribution < 1.29 is 9.53 Å². The molecule has 5 nitrogen and oxygen atoms in total. The summed E-state index contributed by atoms with van der Waals surface area (Å²) in [7, 11) is 1.39. The van der Waals surface area contributed by atoms with E-state index in [0.29, 0.717) is 5.69 Å². The Kier molecular flexibility index (Phi) is 4.08. The number of nitrogens with zero attached hydrogens (tertiary/aromatic N) is 1. The molecule has 0 saturated carbocycles. The number of nitrogens with one attached hydrogen (secondary N) is 1. The van der Waals surface area contributed by atoms with E-state index in [4.69, 9.17) is 10.5 Å². The number of carbonyl (C=O) groups is 1. The molecule has 106 valence electrons. The first-order chi connectivity index (χ1) is 9.52. The summed E-state index contributed by atoms with van der Waals surface area (Å²) >= 11 is 0. The van der Waals surface area contributed by atoms with E-state index in [0.717, 1.165) is 16.6 Å². The number of aromatic nitrogens is 1. The van der Waals surface area contributed by atoms with E-state index in [-0.39, 0.29) is 11.9 Å². The van der Waals surface area contributed by atoms with Crippen LogP contribution in [0.25, 0.3) is 10.9 Å². The second kappa shape index (κ2) is 5.77. The number of methoxy groups -OCH3 is 1. The molecule has 3 N–H and O–H groups in total. The lowest BCUT2D eigenvalue weighted by atomic mass is 10.0. The van der Waals surface area contributed by atoms with Gasteiger partial charge >= 0.3 is 5.97 Å². The molecule has 0 spiro atoms. The maximum absolute atomic E-state index is 11.8. The Balaban J connectivity index is 2.40. The molecule has 1 aromatic heterocycles. The highest BCUT2D eigenvalue weighted by molar-refractivity contribution is 5.94. The summed E-state index contributed by atoms with van der Waals surface area (Å²) in [4.78, 5) is 16.1. The van der Waals surface area contributed by atoms with Crippen LogP contribution in [0.3, 0.4) is 0 Å². The first kappa shape index (κ1) is 14.1. The summed E-state index contributed by atoms with van der Waals surface area (Å²) in [5, 5.41) is 4.16. The van der Waals surface area contributed by atoms with Crippen molar-refractivity contribution in [2.24, 2.45) is 5.92 Å². The van der Waals surface area contributed by atoms with Crippen molar-refractivity contribution in [1.29, 1.82) is 0 Å². The number of nitrogens with two attached hydrogens (primary N) is 1.